The van der Waals surface area contributed by atoms with Gasteiger partial charge in [-0.1, -0.05) is 48.5 Å². The van der Waals surface area contributed by atoms with Gasteiger partial charge < -0.3 is 29.9 Å². The summed E-state index contributed by atoms with van der Waals surface area (Å²) >= 11 is 0. The van der Waals surface area contributed by atoms with E-state index in [9.17, 15) is 19.8 Å². The number of nitrogens with zero attached hydrogens (tertiary/aromatic N) is 2. The Morgan fingerprint density at radius 2 is 1.79 bits per heavy atom. The highest BCUT2D eigenvalue weighted by atomic mass is 16.5. The third-order valence-corrected chi connectivity index (χ3v) is 7.52. The molecular weight excluding hydrogens is 486 g/mol. The van der Waals surface area contributed by atoms with Crippen LogP contribution < -0.4 is 10.1 Å². The van der Waals surface area contributed by atoms with Gasteiger partial charge in [0.05, 0.1) is 38.2 Å². The van der Waals surface area contributed by atoms with Crippen molar-refractivity contribution in [1.82, 2.24) is 15.1 Å². The zero-order chi connectivity index (χ0) is 26.5. The third kappa shape index (κ3) is 5.61. The number of morpholine rings is 1. The lowest BCUT2D eigenvalue weighted by Crippen LogP contribution is -2.57. The minimum absolute atomic E-state index is 0.108. The molecule has 0 spiro atoms. The first-order valence-corrected chi connectivity index (χ1v) is 13.2. The summed E-state index contributed by atoms with van der Waals surface area (Å²) < 4.78 is 11.7. The van der Waals surface area contributed by atoms with Crippen LogP contribution in [-0.2, 0) is 20.7 Å². The molecule has 3 N–H and O–H groups in total. The minimum atomic E-state index is -1.04. The van der Waals surface area contributed by atoms with E-state index in [1.165, 1.54) is 0 Å². The van der Waals surface area contributed by atoms with Crippen molar-refractivity contribution in [3.63, 3.8) is 0 Å². The van der Waals surface area contributed by atoms with Gasteiger partial charge in [0, 0.05) is 43.9 Å². The summed E-state index contributed by atoms with van der Waals surface area (Å²) in [6.45, 7) is 3.79. The van der Waals surface area contributed by atoms with Gasteiger partial charge >= 0.3 is 0 Å². The average Bonchev–Trinajstić information content (AvgIpc) is 3.34. The number of para-hydroxylation sites is 1. The highest BCUT2D eigenvalue weighted by molar-refractivity contribution is 5.96. The Labute approximate surface area is 222 Å². The number of hydrogen-bond donors (Lipinski definition) is 3. The van der Waals surface area contributed by atoms with E-state index in [0.717, 1.165) is 24.2 Å². The van der Waals surface area contributed by atoms with Gasteiger partial charge in [-0.05, 0) is 17.7 Å². The minimum Gasteiger partial charge on any atom is -0.486 e. The van der Waals surface area contributed by atoms with Crippen molar-refractivity contribution in [2.24, 2.45) is 0 Å². The SMILES string of the molecule is O=C(NCCO)C1=C[C@@H](N(CCN2CCOCC2)C(=O)Cc2ccccc2)[C@H](O)[C@H]2Oc3ccccc3[C@@H]12. The van der Waals surface area contributed by atoms with Crippen molar-refractivity contribution in [1.29, 1.82) is 0 Å². The van der Waals surface area contributed by atoms with Gasteiger partial charge in [0.25, 0.3) is 0 Å². The van der Waals surface area contributed by atoms with E-state index in [0.29, 0.717) is 37.6 Å². The average molecular weight is 522 g/mol. The van der Waals surface area contributed by atoms with E-state index in [2.05, 4.69) is 10.2 Å². The van der Waals surface area contributed by atoms with Gasteiger partial charge in [-0.2, -0.15) is 0 Å². The zero-order valence-electron chi connectivity index (χ0n) is 21.4. The van der Waals surface area contributed by atoms with Crippen LogP contribution in [0.15, 0.2) is 66.2 Å². The summed E-state index contributed by atoms with van der Waals surface area (Å²) in [6.07, 6.45) is 0.160. The second-order valence-corrected chi connectivity index (χ2v) is 9.88. The molecule has 9 nitrogen and oxygen atoms in total. The molecule has 5 rings (SSSR count). The number of aliphatic hydroxyl groups is 2. The number of carbonyl (C=O) groups is 2. The number of hydrogen-bond acceptors (Lipinski definition) is 7. The molecule has 202 valence electrons. The summed E-state index contributed by atoms with van der Waals surface area (Å²) in [6, 6.07) is 16.2. The number of ether oxygens (including phenoxy) is 2. The van der Waals surface area contributed by atoms with Crippen LogP contribution in [0, 0.1) is 0 Å². The molecule has 0 aromatic heterocycles. The molecular formula is C29H35N3O6. The number of fused-ring (bicyclic) bond motifs is 3. The molecule has 3 aliphatic rings. The van der Waals surface area contributed by atoms with Crippen molar-refractivity contribution >= 4 is 11.8 Å². The van der Waals surface area contributed by atoms with Crippen LogP contribution in [0.1, 0.15) is 17.0 Å². The van der Waals surface area contributed by atoms with E-state index in [4.69, 9.17) is 9.47 Å². The Morgan fingerprint density at radius 3 is 2.55 bits per heavy atom. The van der Waals surface area contributed by atoms with Crippen molar-refractivity contribution in [2.75, 3.05) is 52.5 Å². The molecule has 0 bridgehead atoms. The fraction of sp³-hybridized carbons (Fsp3) is 0.448. The summed E-state index contributed by atoms with van der Waals surface area (Å²) in [5.41, 5.74) is 2.15. The molecule has 2 amide bonds. The quantitative estimate of drug-likeness (QED) is 0.446. The number of rotatable bonds is 9. The second-order valence-electron chi connectivity index (χ2n) is 9.88. The Kier molecular flexibility index (Phi) is 8.38. The lowest BCUT2D eigenvalue weighted by atomic mass is 9.77. The smallest absolute Gasteiger partial charge is 0.247 e. The van der Waals surface area contributed by atoms with Crippen LogP contribution >= 0.6 is 0 Å². The maximum atomic E-state index is 13.8. The van der Waals surface area contributed by atoms with Crippen molar-refractivity contribution < 1.29 is 29.3 Å². The highest BCUT2D eigenvalue weighted by Gasteiger charge is 2.50. The predicted octanol–water partition coefficient (Wildman–Crippen LogP) is 0.713. The van der Waals surface area contributed by atoms with E-state index >= 15 is 0 Å². The predicted molar refractivity (Wildman–Crippen MR) is 141 cm³/mol. The topological polar surface area (TPSA) is 112 Å². The van der Waals surface area contributed by atoms with Crippen molar-refractivity contribution in [2.45, 2.75) is 30.6 Å². The molecule has 0 saturated carbocycles. The van der Waals surface area contributed by atoms with Crippen LogP contribution in [0.2, 0.25) is 0 Å². The van der Waals surface area contributed by atoms with Gasteiger partial charge in [0.1, 0.15) is 18.0 Å². The summed E-state index contributed by atoms with van der Waals surface area (Å²) in [4.78, 5) is 31.0. The Balaban J connectivity index is 1.47. The lowest BCUT2D eigenvalue weighted by molar-refractivity contribution is -0.137. The Morgan fingerprint density at radius 1 is 1.05 bits per heavy atom. The molecule has 2 aliphatic heterocycles. The first-order valence-electron chi connectivity index (χ1n) is 13.2. The largest absolute Gasteiger partial charge is 0.486 e. The standard InChI is InChI=1S/C29H35N3O6/c33-15-10-30-29(36)22-19-23(27(35)28-26(22)21-8-4-5-9-24(21)38-28)32(12-11-31-13-16-37-17-14-31)25(34)18-20-6-2-1-3-7-20/h1-9,19,23,26-28,33,35H,10-18H2,(H,30,36)/t23-,26+,27+,28+/m1/s1. The molecule has 9 heteroatoms. The number of benzene rings is 2. The molecule has 1 fully saturated rings. The van der Waals surface area contributed by atoms with Crippen LogP contribution in [0.25, 0.3) is 0 Å². The number of amides is 2. The number of nitrogens with one attached hydrogen (secondary N) is 1. The molecule has 38 heavy (non-hydrogen) atoms. The number of aliphatic hydroxyl groups excluding tert-OH is 2. The zero-order valence-corrected chi connectivity index (χ0v) is 21.4. The van der Waals surface area contributed by atoms with Gasteiger partial charge in [-0.15, -0.1) is 0 Å². The normalized spacial score (nSPS) is 24.5. The maximum absolute atomic E-state index is 13.8. The Bertz CT molecular complexity index is 1150. The molecule has 0 unspecified atom stereocenters. The van der Waals surface area contributed by atoms with Crippen LogP contribution in [0.3, 0.4) is 0 Å². The fourth-order valence-electron chi connectivity index (χ4n) is 5.58. The first kappa shape index (κ1) is 26.4. The van der Waals surface area contributed by atoms with Crippen LogP contribution in [0.5, 0.6) is 5.75 Å². The van der Waals surface area contributed by atoms with Crippen LogP contribution in [-0.4, -0.2) is 103 Å². The van der Waals surface area contributed by atoms with Crippen molar-refractivity contribution in [3.05, 3.63) is 77.4 Å². The second kappa shape index (κ2) is 12.1. The molecule has 2 heterocycles. The van der Waals surface area contributed by atoms with E-state index in [1.54, 1.807) is 11.0 Å². The molecule has 2 aromatic carbocycles. The van der Waals surface area contributed by atoms with E-state index in [-0.39, 0.29) is 31.4 Å². The molecule has 4 atom stereocenters. The van der Waals surface area contributed by atoms with Gasteiger partial charge in [0.15, 0.2) is 0 Å². The van der Waals surface area contributed by atoms with Gasteiger partial charge in [0.2, 0.25) is 11.8 Å². The molecule has 1 saturated heterocycles. The number of carbonyl (C=O) groups excluding carboxylic acids is 2. The molecule has 2 aromatic rings. The monoisotopic (exact) mass is 521 g/mol. The first-order chi connectivity index (χ1) is 18.6. The van der Waals surface area contributed by atoms with Crippen LogP contribution in [0.4, 0.5) is 0 Å². The summed E-state index contributed by atoms with van der Waals surface area (Å²) in [7, 11) is 0. The molecule has 1 aliphatic carbocycles. The third-order valence-electron chi connectivity index (χ3n) is 7.52. The summed E-state index contributed by atoms with van der Waals surface area (Å²) in [5.74, 6) is -0.316. The van der Waals surface area contributed by atoms with Gasteiger partial charge in [-0.3, -0.25) is 14.5 Å². The maximum Gasteiger partial charge on any atom is 0.247 e. The van der Waals surface area contributed by atoms with Gasteiger partial charge in [-0.25, -0.2) is 0 Å². The summed E-state index contributed by atoms with van der Waals surface area (Å²) in [5, 5.41) is 23.7. The highest BCUT2D eigenvalue weighted by Crippen LogP contribution is 2.47. The van der Waals surface area contributed by atoms with E-state index < -0.39 is 24.2 Å². The van der Waals surface area contributed by atoms with Crippen molar-refractivity contribution in [3.8, 4) is 5.75 Å². The molecule has 0 radical (unpaired) electrons. The lowest BCUT2D eigenvalue weighted by Gasteiger charge is -2.41. The van der Waals surface area contributed by atoms with E-state index in [1.807, 2.05) is 54.6 Å². The Hall–Kier alpha value is -3.24. The fourth-order valence-corrected chi connectivity index (χ4v) is 5.58.